The number of aromatic nitrogens is 1. The number of hydrogen-bond donors (Lipinski definition) is 1. The van der Waals surface area contributed by atoms with Gasteiger partial charge in [-0.15, -0.1) is 0 Å². The summed E-state index contributed by atoms with van der Waals surface area (Å²) < 4.78 is 18.1. The molecule has 0 fully saturated rings. The SMILES string of the molecule is Cc1c(Cl)cccc1NC(=O)c1cc(-c2ccc(F)cc2)on1. The lowest BCUT2D eigenvalue weighted by Gasteiger charge is -2.07. The molecule has 0 aliphatic carbocycles. The number of carbonyl (C=O) groups excluding carboxylic acids is 1. The van der Waals surface area contributed by atoms with Gasteiger partial charge in [0.2, 0.25) is 0 Å². The summed E-state index contributed by atoms with van der Waals surface area (Å²) in [5.74, 6) is -0.367. The van der Waals surface area contributed by atoms with Gasteiger partial charge in [-0.05, 0) is 48.9 Å². The maximum atomic E-state index is 12.9. The summed E-state index contributed by atoms with van der Waals surface area (Å²) in [6.45, 7) is 1.81. The predicted molar refractivity (Wildman–Crippen MR) is 86.0 cm³/mol. The zero-order valence-corrected chi connectivity index (χ0v) is 12.9. The second-order valence-electron chi connectivity index (χ2n) is 4.95. The highest BCUT2D eigenvalue weighted by atomic mass is 35.5. The van der Waals surface area contributed by atoms with Crippen molar-refractivity contribution in [3.05, 3.63) is 70.6 Å². The fourth-order valence-corrected chi connectivity index (χ4v) is 2.24. The zero-order chi connectivity index (χ0) is 16.4. The van der Waals surface area contributed by atoms with Crippen molar-refractivity contribution in [1.82, 2.24) is 5.16 Å². The second-order valence-corrected chi connectivity index (χ2v) is 5.36. The van der Waals surface area contributed by atoms with Crippen LogP contribution in [0.15, 0.2) is 53.1 Å². The Morgan fingerprint density at radius 3 is 2.70 bits per heavy atom. The third kappa shape index (κ3) is 3.24. The summed E-state index contributed by atoms with van der Waals surface area (Å²) in [6.07, 6.45) is 0. The Kier molecular flexibility index (Phi) is 4.12. The molecule has 0 spiro atoms. The van der Waals surface area contributed by atoms with Gasteiger partial charge in [-0.2, -0.15) is 0 Å². The molecule has 4 nitrogen and oxygen atoms in total. The highest BCUT2D eigenvalue weighted by Gasteiger charge is 2.15. The van der Waals surface area contributed by atoms with Gasteiger partial charge < -0.3 is 9.84 Å². The van der Waals surface area contributed by atoms with E-state index in [4.69, 9.17) is 16.1 Å². The standard InChI is InChI=1S/C17H12ClFN2O2/c1-10-13(18)3-2-4-14(10)20-17(22)15-9-16(23-21-15)11-5-7-12(19)8-6-11/h2-9H,1H3,(H,20,22). The van der Waals surface area contributed by atoms with E-state index in [1.165, 1.54) is 18.2 Å². The fourth-order valence-electron chi connectivity index (χ4n) is 2.06. The Balaban J connectivity index is 1.81. The van der Waals surface area contributed by atoms with E-state index in [0.717, 1.165) is 5.56 Å². The highest BCUT2D eigenvalue weighted by Crippen LogP contribution is 2.24. The molecule has 0 saturated heterocycles. The van der Waals surface area contributed by atoms with Crippen molar-refractivity contribution >= 4 is 23.2 Å². The molecule has 1 heterocycles. The largest absolute Gasteiger partial charge is 0.355 e. The van der Waals surface area contributed by atoms with Crippen LogP contribution in [0.1, 0.15) is 16.1 Å². The fraction of sp³-hybridized carbons (Fsp3) is 0.0588. The Bertz CT molecular complexity index is 859. The van der Waals surface area contributed by atoms with E-state index in [2.05, 4.69) is 10.5 Å². The first-order valence-corrected chi connectivity index (χ1v) is 7.21. The molecule has 1 aromatic heterocycles. The molecule has 3 aromatic rings. The van der Waals surface area contributed by atoms with Crippen LogP contribution in [0.25, 0.3) is 11.3 Å². The van der Waals surface area contributed by atoms with Gasteiger partial charge in [-0.1, -0.05) is 22.8 Å². The Morgan fingerprint density at radius 1 is 1.22 bits per heavy atom. The van der Waals surface area contributed by atoms with Crippen molar-refractivity contribution < 1.29 is 13.7 Å². The predicted octanol–water partition coefficient (Wildman–Crippen LogP) is 4.69. The summed E-state index contributed by atoms with van der Waals surface area (Å²) in [6, 6.07) is 12.5. The molecule has 0 radical (unpaired) electrons. The van der Waals surface area contributed by atoms with Crippen molar-refractivity contribution in [3.8, 4) is 11.3 Å². The summed E-state index contributed by atoms with van der Waals surface area (Å²) in [4.78, 5) is 12.2. The van der Waals surface area contributed by atoms with Crippen LogP contribution in [0, 0.1) is 12.7 Å². The summed E-state index contributed by atoms with van der Waals surface area (Å²) >= 11 is 6.02. The van der Waals surface area contributed by atoms with Gasteiger partial charge in [0.25, 0.3) is 5.91 Å². The van der Waals surface area contributed by atoms with Crippen molar-refractivity contribution in [2.24, 2.45) is 0 Å². The second kappa shape index (κ2) is 6.22. The number of hydrogen-bond acceptors (Lipinski definition) is 3. The lowest BCUT2D eigenvalue weighted by atomic mass is 10.1. The van der Waals surface area contributed by atoms with E-state index in [9.17, 15) is 9.18 Å². The van der Waals surface area contributed by atoms with E-state index in [1.807, 2.05) is 6.92 Å². The number of rotatable bonds is 3. The Morgan fingerprint density at radius 2 is 1.96 bits per heavy atom. The van der Waals surface area contributed by atoms with Crippen molar-refractivity contribution in [1.29, 1.82) is 0 Å². The van der Waals surface area contributed by atoms with Gasteiger partial charge in [0.05, 0.1) is 0 Å². The first-order chi connectivity index (χ1) is 11.0. The molecule has 6 heteroatoms. The minimum atomic E-state index is -0.410. The van der Waals surface area contributed by atoms with Crippen LogP contribution in [-0.2, 0) is 0 Å². The first-order valence-electron chi connectivity index (χ1n) is 6.84. The third-order valence-corrected chi connectivity index (χ3v) is 3.80. The molecule has 3 rings (SSSR count). The number of halogens is 2. The van der Waals surface area contributed by atoms with Crippen molar-refractivity contribution in [3.63, 3.8) is 0 Å². The smallest absolute Gasteiger partial charge is 0.277 e. The van der Waals surface area contributed by atoms with E-state index in [1.54, 1.807) is 30.3 Å². The average Bonchev–Trinajstić information content (AvgIpc) is 3.02. The Hall–Kier alpha value is -2.66. The van der Waals surface area contributed by atoms with Crippen LogP contribution in [0.3, 0.4) is 0 Å². The minimum Gasteiger partial charge on any atom is -0.355 e. The van der Waals surface area contributed by atoms with Gasteiger partial charge >= 0.3 is 0 Å². The number of carbonyl (C=O) groups is 1. The monoisotopic (exact) mass is 330 g/mol. The molecule has 0 atom stereocenters. The minimum absolute atomic E-state index is 0.128. The van der Waals surface area contributed by atoms with Crippen LogP contribution in [0.2, 0.25) is 5.02 Å². The lowest BCUT2D eigenvalue weighted by molar-refractivity contribution is 0.101. The van der Waals surface area contributed by atoms with E-state index >= 15 is 0 Å². The van der Waals surface area contributed by atoms with Gasteiger partial charge in [-0.25, -0.2) is 4.39 Å². The van der Waals surface area contributed by atoms with Crippen LogP contribution >= 0.6 is 11.6 Å². The van der Waals surface area contributed by atoms with Crippen molar-refractivity contribution in [2.75, 3.05) is 5.32 Å². The van der Waals surface area contributed by atoms with Gasteiger partial charge in [0.1, 0.15) is 5.82 Å². The topological polar surface area (TPSA) is 55.1 Å². The van der Waals surface area contributed by atoms with E-state index in [-0.39, 0.29) is 11.5 Å². The Labute approximate surface area is 136 Å². The summed E-state index contributed by atoms with van der Waals surface area (Å²) in [5.41, 5.74) is 2.14. The normalized spacial score (nSPS) is 10.6. The molecule has 1 N–H and O–H groups in total. The van der Waals surface area contributed by atoms with Crippen LogP contribution in [0.5, 0.6) is 0 Å². The molecule has 0 bridgehead atoms. The summed E-state index contributed by atoms with van der Waals surface area (Å²) in [5, 5.41) is 7.05. The molecule has 0 unspecified atom stereocenters. The molecule has 0 aliphatic heterocycles. The number of amides is 1. The number of nitrogens with one attached hydrogen (secondary N) is 1. The quantitative estimate of drug-likeness (QED) is 0.757. The lowest BCUT2D eigenvalue weighted by Crippen LogP contribution is -2.13. The average molecular weight is 331 g/mol. The third-order valence-electron chi connectivity index (χ3n) is 3.39. The zero-order valence-electron chi connectivity index (χ0n) is 12.1. The molecule has 2 aromatic carbocycles. The number of anilines is 1. The van der Waals surface area contributed by atoms with Crippen LogP contribution in [-0.4, -0.2) is 11.1 Å². The van der Waals surface area contributed by atoms with Gasteiger partial charge in [0.15, 0.2) is 11.5 Å². The molecule has 0 saturated carbocycles. The summed E-state index contributed by atoms with van der Waals surface area (Å²) in [7, 11) is 0. The van der Waals surface area contributed by atoms with E-state index in [0.29, 0.717) is 22.0 Å². The first kappa shape index (κ1) is 15.2. The maximum absolute atomic E-state index is 12.9. The molecule has 0 aliphatic rings. The van der Waals surface area contributed by atoms with Crippen molar-refractivity contribution in [2.45, 2.75) is 6.92 Å². The van der Waals surface area contributed by atoms with Crippen LogP contribution in [0.4, 0.5) is 10.1 Å². The molecule has 116 valence electrons. The number of nitrogens with zero attached hydrogens (tertiary/aromatic N) is 1. The van der Waals surface area contributed by atoms with Gasteiger partial charge in [-0.3, -0.25) is 4.79 Å². The highest BCUT2D eigenvalue weighted by molar-refractivity contribution is 6.31. The molecule has 1 amide bonds. The number of benzene rings is 2. The van der Waals surface area contributed by atoms with E-state index < -0.39 is 5.91 Å². The molecular formula is C17H12ClFN2O2. The maximum Gasteiger partial charge on any atom is 0.277 e. The molecule has 23 heavy (non-hydrogen) atoms. The van der Waals surface area contributed by atoms with Crippen LogP contribution < -0.4 is 5.32 Å². The van der Waals surface area contributed by atoms with Gasteiger partial charge in [0, 0.05) is 22.3 Å². The molecular weight excluding hydrogens is 319 g/mol.